The van der Waals surface area contributed by atoms with Crippen molar-refractivity contribution in [2.24, 2.45) is 5.41 Å². The molecular weight excluding hydrogens is 240 g/mol. The number of aliphatic carboxylic acids is 1. The molecule has 0 aromatic carbocycles. The summed E-state index contributed by atoms with van der Waals surface area (Å²) in [6, 6.07) is -0.368. The van der Waals surface area contributed by atoms with Gasteiger partial charge >= 0.3 is 18.0 Å². The fraction of sp³-hybridized carbons (Fsp3) is 0.727. The molecule has 1 fully saturated rings. The SMILES string of the molecule is COC(=O)CNC(=O)N1CCC(C)(C(=O)O)CC1. The van der Waals surface area contributed by atoms with Crippen LogP contribution in [-0.2, 0) is 14.3 Å². The van der Waals surface area contributed by atoms with E-state index in [4.69, 9.17) is 5.11 Å². The highest BCUT2D eigenvalue weighted by Crippen LogP contribution is 2.30. The Morgan fingerprint density at radius 2 is 1.89 bits per heavy atom. The van der Waals surface area contributed by atoms with Crippen LogP contribution in [-0.4, -0.2) is 54.7 Å². The summed E-state index contributed by atoms with van der Waals surface area (Å²) in [5, 5.41) is 11.5. The average Bonchev–Trinajstić information content (AvgIpc) is 2.36. The zero-order valence-corrected chi connectivity index (χ0v) is 10.6. The van der Waals surface area contributed by atoms with E-state index < -0.39 is 17.4 Å². The Morgan fingerprint density at radius 3 is 2.33 bits per heavy atom. The molecule has 7 nitrogen and oxygen atoms in total. The molecule has 1 aliphatic heterocycles. The molecule has 0 aromatic rings. The number of carboxylic acids is 1. The highest BCUT2D eigenvalue weighted by molar-refractivity contribution is 5.81. The lowest BCUT2D eigenvalue weighted by Crippen LogP contribution is -2.49. The number of ether oxygens (including phenoxy) is 1. The van der Waals surface area contributed by atoms with Crippen LogP contribution in [0.4, 0.5) is 4.79 Å². The van der Waals surface area contributed by atoms with Gasteiger partial charge in [0, 0.05) is 13.1 Å². The highest BCUT2D eigenvalue weighted by atomic mass is 16.5. The predicted molar refractivity (Wildman–Crippen MR) is 62.0 cm³/mol. The van der Waals surface area contributed by atoms with Gasteiger partial charge in [0.1, 0.15) is 6.54 Å². The highest BCUT2D eigenvalue weighted by Gasteiger charge is 2.37. The van der Waals surface area contributed by atoms with Crippen LogP contribution in [0, 0.1) is 5.41 Å². The van der Waals surface area contributed by atoms with Gasteiger partial charge in [-0.25, -0.2) is 4.79 Å². The number of piperidine rings is 1. The number of carbonyl (C=O) groups is 3. The molecule has 0 saturated carbocycles. The monoisotopic (exact) mass is 258 g/mol. The van der Waals surface area contributed by atoms with Crippen molar-refractivity contribution in [2.75, 3.05) is 26.7 Å². The van der Waals surface area contributed by atoms with Gasteiger partial charge in [0.2, 0.25) is 0 Å². The first-order chi connectivity index (χ1) is 8.39. The molecule has 102 valence electrons. The molecular formula is C11H18N2O5. The first-order valence-corrected chi connectivity index (χ1v) is 5.72. The van der Waals surface area contributed by atoms with Gasteiger partial charge in [-0.2, -0.15) is 0 Å². The van der Waals surface area contributed by atoms with Gasteiger partial charge in [-0.3, -0.25) is 9.59 Å². The molecule has 1 heterocycles. The molecule has 0 bridgehead atoms. The van der Waals surface area contributed by atoms with E-state index in [2.05, 4.69) is 10.1 Å². The Balaban J connectivity index is 2.41. The third kappa shape index (κ3) is 3.35. The zero-order valence-electron chi connectivity index (χ0n) is 10.6. The summed E-state index contributed by atoms with van der Waals surface area (Å²) < 4.78 is 4.40. The van der Waals surface area contributed by atoms with Crippen LogP contribution >= 0.6 is 0 Å². The molecule has 0 spiro atoms. The normalized spacial score (nSPS) is 18.0. The number of methoxy groups -OCH3 is 1. The molecule has 1 rings (SSSR count). The van der Waals surface area contributed by atoms with Gasteiger partial charge in [0.15, 0.2) is 0 Å². The fourth-order valence-electron chi connectivity index (χ4n) is 1.75. The van der Waals surface area contributed by atoms with E-state index in [0.717, 1.165) is 0 Å². The Kier molecular flexibility index (Phi) is 4.52. The fourth-order valence-corrected chi connectivity index (χ4v) is 1.75. The van der Waals surface area contributed by atoms with Gasteiger partial charge in [-0.1, -0.05) is 0 Å². The van der Waals surface area contributed by atoms with Gasteiger partial charge in [0.25, 0.3) is 0 Å². The minimum Gasteiger partial charge on any atom is -0.481 e. The Morgan fingerprint density at radius 1 is 1.33 bits per heavy atom. The maximum absolute atomic E-state index is 11.7. The molecule has 2 amide bonds. The minimum absolute atomic E-state index is 0.179. The van der Waals surface area contributed by atoms with Crippen molar-refractivity contribution in [1.29, 1.82) is 0 Å². The second-order valence-electron chi connectivity index (χ2n) is 4.59. The topological polar surface area (TPSA) is 95.9 Å². The van der Waals surface area contributed by atoms with E-state index in [9.17, 15) is 14.4 Å². The van der Waals surface area contributed by atoms with Crippen LogP contribution in [0.2, 0.25) is 0 Å². The van der Waals surface area contributed by atoms with Crippen molar-refractivity contribution >= 4 is 18.0 Å². The lowest BCUT2D eigenvalue weighted by atomic mass is 9.80. The van der Waals surface area contributed by atoms with Crippen LogP contribution in [0.5, 0.6) is 0 Å². The van der Waals surface area contributed by atoms with E-state index in [-0.39, 0.29) is 12.6 Å². The minimum atomic E-state index is -0.836. The van der Waals surface area contributed by atoms with Crippen molar-refractivity contribution < 1.29 is 24.2 Å². The number of hydrogen-bond acceptors (Lipinski definition) is 4. The van der Waals surface area contributed by atoms with Crippen molar-refractivity contribution in [1.82, 2.24) is 10.2 Å². The largest absolute Gasteiger partial charge is 0.481 e. The van der Waals surface area contributed by atoms with Crippen LogP contribution in [0.25, 0.3) is 0 Å². The molecule has 0 radical (unpaired) electrons. The summed E-state index contributed by atoms with van der Waals surface area (Å²) in [6.07, 6.45) is 0.821. The van der Waals surface area contributed by atoms with Crippen LogP contribution in [0.1, 0.15) is 19.8 Å². The van der Waals surface area contributed by atoms with Gasteiger partial charge in [-0.05, 0) is 19.8 Å². The van der Waals surface area contributed by atoms with Gasteiger partial charge in [-0.15, -0.1) is 0 Å². The maximum Gasteiger partial charge on any atom is 0.325 e. The predicted octanol–water partition coefficient (Wildman–Crippen LogP) is 0.0557. The summed E-state index contributed by atoms with van der Waals surface area (Å²) in [5.41, 5.74) is -0.765. The summed E-state index contributed by atoms with van der Waals surface area (Å²) >= 11 is 0. The van der Waals surface area contributed by atoms with Crippen LogP contribution in [0.15, 0.2) is 0 Å². The molecule has 0 aromatic heterocycles. The Bertz CT molecular complexity index is 347. The quantitative estimate of drug-likeness (QED) is 0.698. The number of nitrogens with zero attached hydrogens (tertiary/aromatic N) is 1. The number of esters is 1. The number of rotatable bonds is 3. The lowest BCUT2D eigenvalue weighted by molar-refractivity contribution is -0.150. The number of amides is 2. The Hall–Kier alpha value is -1.79. The van der Waals surface area contributed by atoms with E-state index in [1.54, 1.807) is 6.92 Å². The third-order valence-electron chi connectivity index (χ3n) is 3.28. The summed E-state index contributed by atoms with van der Waals surface area (Å²) in [5.74, 6) is -1.35. The zero-order chi connectivity index (χ0) is 13.8. The van der Waals surface area contributed by atoms with Crippen molar-refractivity contribution in [2.45, 2.75) is 19.8 Å². The number of carboxylic acid groups (broad SMARTS) is 1. The molecule has 0 unspecified atom stereocenters. The molecule has 0 atom stereocenters. The standard InChI is InChI=1S/C11H18N2O5/c1-11(9(15)16)3-5-13(6-4-11)10(17)12-7-8(14)18-2/h3-7H2,1-2H3,(H,12,17)(H,15,16). The van der Waals surface area contributed by atoms with E-state index in [0.29, 0.717) is 25.9 Å². The number of nitrogens with one attached hydrogen (secondary N) is 1. The van der Waals surface area contributed by atoms with Crippen molar-refractivity contribution in [3.05, 3.63) is 0 Å². The summed E-state index contributed by atoms with van der Waals surface area (Å²) in [7, 11) is 1.24. The average molecular weight is 258 g/mol. The molecule has 7 heteroatoms. The first kappa shape index (κ1) is 14.3. The van der Waals surface area contributed by atoms with Gasteiger partial charge in [0.05, 0.1) is 12.5 Å². The summed E-state index contributed by atoms with van der Waals surface area (Å²) in [4.78, 5) is 35.1. The summed E-state index contributed by atoms with van der Waals surface area (Å²) in [6.45, 7) is 2.24. The second-order valence-corrected chi connectivity index (χ2v) is 4.59. The number of likely N-dealkylation sites (tertiary alicyclic amines) is 1. The molecule has 18 heavy (non-hydrogen) atoms. The smallest absolute Gasteiger partial charge is 0.325 e. The van der Waals surface area contributed by atoms with E-state index in [1.165, 1.54) is 12.0 Å². The maximum atomic E-state index is 11.7. The molecule has 1 aliphatic rings. The number of urea groups is 1. The Labute approximate surface area is 105 Å². The second kappa shape index (κ2) is 5.70. The number of hydrogen-bond donors (Lipinski definition) is 2. The van der Waals surface area contributed by atoms with E-state index >= 15 is 0 Å². The molecule has 0 aliphatic carbocycles. The number of carbonyl (C=O) groups excluding carboxylic acids is 2. The third-order valence-corrected chi connectivity index (χ3v) is 3.28. The first-order valence-electron chi connectivity index (χ1n) is 5.72. The molecule has 2 N–H and O–H groups in total. The van der Waals surface area contributed by atoms with Gasteiger partial charge < -0.3 is 20.1 Å². The van der Waals surface area contributed by atoms with Crippen LogP contribution in [0.3, 0.4) is 0 Å². The van der Waals surface area contributed by atoms with E-state index in [1.807, 2.05) is 0 Å². The van der Waals surface area contributed by atoms with Crippen molar-refractivity contribution in [3.63, 3.8) is 0 Å². The molecule has 1 saturated heterocycles. The van der Waals surface area contributed by atoms with Crippen molar-refractivity contribution in [3.8, 4) is 0 Å². The lowest BCUT2D eigenvalue weighted by Gasteiger charge is -2.36. The van der Waals surface area contributed by atoms with Crippen LogP contribution < -0.4 is 5.32 Å².